The first-order valence-corrected chi connectivity index (χ1v) is 11.2. The van der Waals surface area contributed by atoms with Crippen LogP contribution >= 0.6 is 0 Å². The van der Waals surface area contributed by atoms with Crippen molar-refractivity contribution in [3.8, 4) is 24.2 Å². The lowest BCUT2D eigenvalue weighted by Gasteiger charge is -2.62. The van der Waals surface area contributed by atoms with E-state index in [0.29, 0.717) is 18.8 Å². The molecular formula is C27H30O4. The Morgan fingerprint density at radius 2 is 1.87 bits per heavy atom. The number of hydrogen-bond acceptors (Lipinski definition) is 4. The summed E-state index contributed by atoms with van der Waals surface area (Å²) in [7, 11) is 0. The van der Waals surface area contributed by atoms with E-state index < -0.39 is 17.0 Å². The molecule has 0 saturated heterocycles. The van der Waals surface area contributed by atoms with E-state index in [-0.39, 0.29) is 28.8 Å². The summed E-state index contributed by atoms with van der Waals surface area (Å²) >= 11 is 0. The smallest absolute Gasteiger partial charge is 0.386 e. The number of ether oxygens (including phenoxy) is 1. The zero-order chi connectivity index (χ0) is 22.6. The first kappa shape index (κ1) is 21.6. The first-order chi connectivity index (χ1) is 14.6. The molecule has 0 aromatic rings. The Morgan fingerprint density at radius 1 is 1.13 bits per heavy atom. The molecule has 0 bridgehead atoms. The molecule has 0 radical (unpaired) electrons. The molecule has 4 rings (SSSR count). The molecule has 6 atom stereocenters. The number of carbonyl (C=O) groups excluding carboxylic acids is 3. The van der Waals surface area contributed by atoms with E-state index in [1.807, 2.05) is 6.08 Å². The molecule has 162 valence electrons. The first-order valence-electron chi connectivity index (χ1n) is 11.2. The topological polar surface area (TPSA) is 60.4 Å². The Balaban J connectivity index is 1.75. The summed E-state index contributed by atoms with van der Waals surface area (Å²) in [6.07, 6.45) is 13.7. The van der Waals surface area contributed by atoms with Crippen LogP contribution in [0.1, 0.15) is 66.2 Å². The number of esters is 1. The van der Waals surface area contributed by atoms with Crippen LogP contribution in [0.15, 0.2) is 23.3 Å². The van der Waals surface area contributed by atoms with Gasteiger partial charge in [0, 0.05) is 24.2 Å². The van der Waals surface area contributed by atoms with Crippen LogP contribution in [0.4, 0.5) is 0 Å². The maximum atomic E-state index is 13.1. The lowest BCUT2D eigenvalue weighted by atomic mass is 9.43. The van der Waals surface area contributed by atoms with E-state index in [1.165, 1.54) is 11.1 Å². The highest BCUT2D eigenvalue weighted by molar-refractivity contribution is 5.95. The minimum absolute atomic E-state index is 0.0223. The SMILES string of the molecule is C#CC#CC(=O)O[C@]1(C)C(=O)CCC2C3C=C(C)C4=CC(=O)CC[C@]4(C)C3CC[C@@]21C. The summed E-state index contributed by atoms with van der Waals surface area (Å²) in [6, 6.07) is 0. The Kier molecular flexibility index (Phi) is 5.05. The second kappa shape index (κ2) is 7.23. The van der Waals surface area contributed by atoms with Crippen molar-refractivity contribution < 1.29 is 19.1 Å². The fourth-order valence-corrected chi connectivity index (χ4v) is 7.18. The summed E-state index contributed by atoms with van der Waals surface area (Å²) < 4.78 is 5.78. The molecule has 4 nitrogen and oxygen atoms in total. The molecule has 0 heterocycles. The molecule has 0 aliphatic heterocycles. The number of ketones is 2. The quantitative estimate of drug-likeness (QED) is 0.364. The van der Waals surface area contributed by atoms with Crippen LogP contribution < -0.4 is 0 Å². The van der Waals surface area contributed by atoms with Crippen molar-refractivity contribution in [3.63, 3.8) is 0 Å². The van der Waals surface area contributed by atoms with Crippen LogP contribution in [0.5, 0.6) is 0 Å². The number of hydrogen-bond donors (Lipinski definition) is 0. The molecule has 0 spiro atoms. The third-order valence-electron chi connectivity index (χ3n) is 9.06. The molecule has 2 saturated carbocycles. The maximum Gasteiger partial charge on any atom is 0.386 e. The monoisotopic (exact) mass is 418 g/mol. The predicted molar refractivity (Wildman–Crippen MR) is 117 cm³/mol. The summed E-state index contributed by atoms with van der Waals surface area (Å²) in [5, 5.41) is 0. The number of fused-ring (bicyclic) bond motifs is 5. The molecule has 2 fully saturated rings. The van der Waals surface area contributed by atoms with Gasteiger partial charge < -0.3 is 4.74 Å². The molecule has 31 heavy (non-hydrogen) atoms. The van der Waals surface area contributed by atoms with E-state index in [9.17, 15) is 14.4 Å². The van der Waals surface area contributed by atoms with Gasteiger partial charge >= 0.3 is 5.97 Å². The largest absolute Gasteiger partial charge is 0.441 e. The molecule has 0 amide bonds. The number of carbonyl (C=O) groups is 3. The van der Waals surface area contributed by atoms with Crippen molar-refractivity contribution in [1.82, 2.24) is 0 Å². The summed E-state index contributed by atoms with van der Waals surface area (Å²) in [5.41, 5.74) is 0.653. The molecule has 4 aliphatic carbocycles. The number of rotatable bonds is 1. The Labute approximate surface area is 184 Å². The molecular weight excluding hydrogens is 388 g/mol. The van der Waals surface area contributed by atoms with Gasteiger partial charge in [-0.25, -0.2) is 4.79 Å². The van der Waals surface area contributed by atoms with E-state index in [0.717, 1.165) is 25.7 Å². The van der Waals surface area contributed by atoms with Gasteiger partial charge in [0.1, 0.15) is 0 Å². The average molecular weight is 419 g/mol. The van der Waals surface area contributed by atoms with Gasteiger partial charge in [-0.1, -0.05) is 25.5 Å². The third kappa shape index (κ3) is 3.03. The van der Waals surface area contributed by atoms with E-state index >= 15 is 0 Å². The number of Topliss-reactive ketones (excluding diaryl/α,β-unsaturated/α-hetero) is 1. The van der Waals surface area contributed by atoms with Gasteiger partial charge in [0.25, 0.3) is 0 Å². The zero-order valence-electron chi connectivity index (χ0n) is 18.8. The fraction of sp³-hybridized carbons (Fsp3) is 0.593. The minimum atomic E-state index is -1.22. The number of allylic oxidation sites excluding steroid dienone is 4. The van der Waals surface area contributed by atoms with E-state index in [1.54, 1.807) is 6.92 Å². The van der Waals surface area contributed by atoms with Gasteiger partial charge in [-0.3, -0.25) is 9.59 Å². The fourth-order valence-electron chi connectivity index (χ4n) is 7.18. The van der Waals surface area contributed by atoms with Crippen LogP contribution in [-0.2, 0) is 19.1 Å². The van der Waals surface area contributed by atoms with Crippen molar-refractivity contribution in [1.29, 1.82) is 0 Å². The van der Waals surface area contributed by atoms with Crippen LogP contribution in [0.2, 0.25) is 0 Å². The zero-order valence-corrected chi connectivity index (χ0v) is 18.8. The molecule has 3 unspecified atom stereocenters. The van der Waals surface area contributed by atoms with Gasteiger partial charge in [-0.2, -0.15) is 0 Å². The Bertz CT molecular complexity index is 1030. The second-order valence-electron chi connectivity index (χ2n) is 10.3. The molecule has 0 N–H and O–H groups in total. The summed E-state index contributed by atoms with van der Waals surface area (Å²) in [5.74, 6) is 7.08. The van der Waals surface area contributed by atoms with Crippen LogP contribution in [0, 0.1) is 52.8 Å². The Morgan fingerprint density at radius 3 is 2.58 bits per heavy atom. The van der Waals surface area contributed by atoms with Crippen LogP contribution in [-0.4, -0.2) is 23.1 Å². The molecule has 4 aliphatic rings. The summed E-state index contributed by atoms with van der Waals surface area (Å²) in [4.78, 5) is 37.6. The minimum Gasteiger partial charge on any atom is -0.441 e. The van der Waals surface area contributed by atoms with Crippen LogP contribution in [0.25, 0.3) is 0 Å². The maximum absolute atomic E-state index is 13.1. The van der Waals surface area contributed by atoms with Gasteiger partial charge in [0.15, 0.2) is 17.2 Å². The third-order valence-corrected chi connectivity index (χ3v) is 9.06. The normalized spacial score (nSPS) is 41.2. The molecule has 4 heteroatoms. The van der Waals surface area contributed by atoms with Gasteiger partial charge in [-0.05, 0) is 86.2 Å². The van der Waals surface area contributed by atoms with Crippen molar-refractivity contribution in [2.24, 2.45) is 28.6 Å². The van der Waals surface area contributed by atoms with Crippen LogP contribution in [0.3, 0.4) is 0 Å². The highest BCUT2D eigenvalue weighted by Crippen LogP contribution is 2.65. The average Bonchev–Trinajstić information content (AvgIpc) is 2.71. The van der Waals surface area contributed by atoms with Crippen molar-refractivity contribution >= 4 is 17.5 Å². The standard InChI is InChI=1S/C27H30O4/c1-6-7-8-24(30)31-27(5)23(29)10-9-21-19-15-17(2)22-16-18(28)11-13-25(22,3)20(19)12-14-26(21,27)4/h1,15-16,19-21H,9-14H2,2-5H3/t19?,20?,21?,25-,26+,27-/m1/s1. The van der Waals surface area contributed by atoms with Gasteiger partial charge in [0.05, 0.1) is 0 Å². The van der Waals surface area contributed by atoms with E-state index in [4.69, 9.17) is 11.2 Å². The number of terminal acetylenes is 1. The van der Waals surface area contributed by atoms with Crippen molar-refractivity contribution in [3.05, 3.63) is 23.3 Å². The Hall–Kier alpha value is -2.59. The molecule has 0 aromatic heterocycles. The lowest BCUT2D eigenvalue weighted by Crippen LogP contribution is -2.64. The highest BCUT2D eigenvalue weighted by Gasteiger charge is 2.65. The molecule has 0 aromatic carbocycles. The highest BCUT2D eigenvalue weighted by atomic mass is 16.6. The lowest BCUT2D eigenvalue weighted by molar-refractivity contribution is -0.200. The van der Waals surface area contributed by atoms with E-state index in [2.05, 4.69) is 44.6 Å². The van der Waals surface area contributed by atoms with Crippen molar-refractivity contribution in [2.45, 2.75) is 71.8 Å². The van der Waals surface area contributed by atoms with Crippen molar-refractivity contribution in [2.75, 3.05) is 0 Å². The van der Waals surface area contributed by atoms with Gasteiger partial charge in [0.2, 0.25) is 0 Å². The second-order valence-corrected chi connectivity index (χ2v) is 10.3. The predicted octanol–water partition coefficient (Wildman–Crippen LogP) is 4.19. The summed E-state index contributed by atoms with van der Waals surface area (Å²) in [6.45, 7) is 8.29. The van der Waals surface area contributed by atoms with Gasteiger partial charge in [-0.15, -0.1) is 6.42 Å².